The lowest BCUT2D eigenvalue weighted by atomic mass is 9.49. The van der Waals surface area contributed by atoms with Crippen LogP contribution in [-0.4, -0.2) is 18.4 Å². The second-order valence-corrected chi connectivity index (χ2v) is 8.50. The van der Waals surface area contributed by atoms with Crippen LogP contribution in [0.1, 0.15) is 60.0 Å². The van der Waals surface area contributed by atoms with Gasteiger partial charge in [0.2, 0.25) is 0 Å². The van der Waals surface area contributed by atoms with Crippen molar-refractivity contribution in [3.05, 3.63) is 34.9 Å². The minimum absolute atomic E-state index is 0.101. The van der Waals surface area contributed by atoms with Crippen molar-refractivity contribution in [2.45, 2.75) is 52.4 Å². The predicted molar refractivity (Wildman–Crippen MR) is 91.8 cm³/mol. The molecular formula is C21H26O3. The Kier molecular flexibility index (Phi) is 3.78. The van der Waals surface area contributed by atoms with Gasteiger partial charge in [-0.15, -0.1) is 0 Å². The van der Waals surface area contributed by atoms with Crippen LogP contribution in [0.3, 0.4) is 0 Å². The fourth-order valence-electron chi connectivity index (χ4n) is 5.64. The number of hydrogen-bond donors (Lipinski definition) is 0. The summed E-state index contributed by atoms with van der Waals surface area (Å²) in [7, 11) is 0. The third-order valence-corrected chi connectivity index (χ3v) is 6.63. The number of carbonyl (C=O) groups is 2. The summed E-state index contributed by atoms with van der Waals surface area (Å²) in [6.07, 6.45) is 6.84. The first-order chi connectivity index (χ1) is 11.4. The van der Waals surface area contributed by atoms with Crippen LogP contribution >= 0.6 is 0 Å². The maximum Gasteiger partial charge on any atom is 0.312 e. The van der Waals surface area contributed by atoms with Gasteiger partial charge in [0.15, 0.2) is 12.4 Å². The molecule has 3 nitrogen and oxygen atoms in total. The van der Waals surface area contributed by atoms with Gasteiger partial charge in [0, 0.05) is 5.56 Å². The van der Waals surface area contributed by atoms with Crippen molar-refractivity contribution in [3.8, 4) is 0 Å². The number of rotatable bonds is 4. The molecule has 1 aromatic rings. The van der Waals surface area contributed by atoms with Crippen LogP contribution in [0.15, 0.2) is 18.2 Å². The standard InChI is InChI=1S/C21H26O3/c1-13-3-4-18(5-14(13)2)19(22)12-24-20(23)21-9-15-6-16(10-21)8-17(7-15)11-21/h3-5,15-17H,6-12H2,1-2H3. The first-order valence-electron chi connectivity index (χ1n) is 9.23. The zero-order chi connectivity index (χ0) is 16.9. The summed E-state index contributed by atoms with van der Waals surface area (Å²) >= 11 is 0. The Morgan fingerprint density at radius 2 is 1.58 bits per heavy atom. The molecule has 0 aliphatic heterocycles. The molecule has 4 fully saturated rings. The van der Waals surface area contributed by atoms with Gasteiger partial charge >= 0.3 is 5.97 Å². The van der Waals surface area contributed by atoms with E-state index in [1.54, 1.807) is 0 Å². The Morgan fingerprint density at radius 3 is 2.12 bits per heavy atom. The molecule has 24 heavy (non-hydrogen) atoms. The van der Waals surface area contributed by atoms with Gasteiger partial charge in [-0.1, -0.05) is 12.1 Å². The summed E-state index contributed by atoms with van der Waals surface area (Å²) in [6, 6.07) is 5.66. The van der Waals surface area contributed by atoms with Crippen molar-refractivity contribution in [3.63, 3.8) is 0 Å². The van der Waals surface area contributed by atoms with E-state index < -0.39 is 0 Å². The number of ketones is 1. The molecular weight excluding hydrogens is 300 g/mol. The van der Waals surface area contributed by atoms with Crippen LogP contribution < -0.4 is 0 Å². The summed E-state index contributed by atoms with van der Waals surface area (Å²) in [6.45, 7) is 3.90. The molecule has 4 aliphatic rings. The summed E-state index contributed by atoms with van der Waals surface area (Å²) in [5, 5.41) is 0. The minimum atomic E-state index is -0.280. The van der Waals surface area contributed by atoms with Crippen molar-refractivity contribution in [2.24, 2.45) is 23.2 Å². The highest BCUT2D eigenvalue weighted by molar-refractivity contribution is 5.98. The number of benzene rings is 1. The van der Waals surface area contributed by atoms with Crippen LogP contribution in [0, 0.1) is 37.0 Å². The number of ether oxygens (including phenoxy) is 1. The van der Waals surface area contributed by atoms with Crippen LogP contribution in [-0.2, 0) is 9.53 Å². The van der Waals surface area contributed by atoms with Gasteiger partial charge in [-0.2, -0.15) is 0 Å². The average molecular weight is 326 g/mol. The smallest absolute Gasteiger partial charge is 0.312 e. The molecule has 0 heterocycles. The fourth-order valence-corrected chi connectivity index (χ4v) is 5.64. The highest BCUT2D eigenvalue weighted by Crippen LogP contribution is 2.60. The van der Waals surface area contributed by atoms with Crippen molar-refractivity contribution in [2.75, 3.05) is 6.61 Å². The van der Waals surface area contributed by atoms with E-state index in [9.17, 15) is 9.59 Å². The van der Waals surface area contributed by atoms with E-state index in [1.165, 1.54) is 19.3 Å². The highest BCUT2D eigenvalue weighted by Gasteiger charge is 2.55. The fraction of sp³-hybridized carbons (Fsp3) is 0.619. The van der Waals surface area contributed by atoms with Crippen molar-refractivity contribution in [1.82, 2.24) is 0 Å². The van der Waals surface area contributed by atoms with Gasteiger partial charge in [0.25, 0.3) is 0 Å². The Hall–Kier alpha value is -1.64. The number of carbonyl (C=O) groups excluding carboxylic acids is 2. The third-order valence-electron chi connectivity index (χ3n) is 6.63. The summed E-state index contributed by atoms with van der Waals surface area (Å²) in [5.74, 6) is 1.91. The van der Waals surface area contributed by atoms with Gasteiger partial charge in [0.1, 0.15) is 0 Å². The second-order valence-electron chi connectivity index (χ2n) is 8.50. The molecule has 3 heteroatoms. The largest absolute Gasteiger partial charge is 0.457 e. The molecule has 0 atom stereocenters. The number of Topliss-reactive ketones (excluding diaryl/α,β-unsaturated/α-hetero) is 1. The summed E-state index contributed by atoms with van der Waals surface area (Å²) < 4.78 is 5.52. The molecule has 0 amide bonds. The summed E-state index contributed by atoms with van der Waals surface area (Å²) in [4.78, 5) is 25.1. The van der Waals surface area contributed by atoms with Gasteiger partial charge < -0.3 is 4.74 Å². The molecule has 1 aromatic carbocycles. The Labute approximate surface area is 143 Å². The molecule has 4 saturated carbocycles. The van der Waals surface area contributed by atoms with Gasteiger partial charge in [-0.05, 0) is 87.3 Å². The molecule has 128 valence electrons. The molecule has 4 bridgehead atoms. The molecule has 0 spiro atoms. The Morgan fingerprint density at radius 1 is 1.00 bits per heavy atom. The minimum Gasteiger partial charge on any atom is -0.457 e. The number of esters is 1. The molecule has 0 radical (unpaired) electrons. The SMILES string of the molecule is Cc1ccc(C(=O)COC(=O)C23CC4CC(CC(C4)C2)C3)cc1C. The normalized spacial score (nSPS) is 33.5. The van der Waals surface area contributed by atoms with E-state index in [0.29, 0.717) is 23.3 Å². The van der Waals surface area contributed by atoms with E-state index >= 15 is 0 Å². The first kappa shape index (κ1) is 15.9. The highest BCUT2D eigenvalue weighted by atomic mass is 16.5. The predicted octanol–water partition coefficient (Wildman–Crippen LogP) is 4.25. The average Bonchev–Trinajstić information content (AvgIpc) is 2.53. The maximum atomic E-state index is 12.8. The topological polar surface area (TPSA) is 43.4 Å². The number of hydrogen-bond acceptors (Lipinski definition) is 3. The second kappa shape index (κ2) is 5.72. The van der Waals surface area contributed by atoms with Crippen molar-refractivity contribution in [1.29, 1.82) is 0 Å². The lowest BCUT2D eigenvalue weighted by Crippen LogP contribution is -2.50. The van der Waals surface area contributed by atoms with Gasteiger partial charge in [-0.3, -0.25) is 9.59 Å². The molecule has 0 N–H and O–H groups in total. The van der Waals surface area contributed by atoms with E-state index in [0.717, 1.165) is 30.4 Å². The number of aryl methyl sites for hydroxylation is 2. The molecule has 0 aromatic heterocycles. The third kappa shape index (κ3) is 2.68. The van der Waals surface area contributed by atoms with E-state index in [4.69, 9.17) is 4.74 Å². The first-order valence-corrected chi connectivity index (χ1v) is 9.23. The monoisotopic (exact) mass is 326 g/mol. The zero-order valence-electron chi connectivity index (χ0n) is 14.6. The zero-order valence-corrected chi connectivity index (χ0v) is 14.6. The van der Waals surface area contributed by atoms with Crippen LogP contribution in [0.5, 0.6) is 0 Å². The quantitative estimate of drug-likeness (QED) is 0.614. The summed E-state index contributed by atoms with van der Waals surface area (Å²) in [5.41, 5.74) is 2.61. The molecule has 0 unspecified atom stereocenters. The van der Waals surface area contributed by atoms with E-state index in [1.807, 2.05) is 32.0 Å². The van der Waals surface area contributed by atoms with Crippen LogP contribution in [0.2, 0.25) is 0 Å². The molecule has 4 aliphatic carbocycles. The van der Waals surface area contributed by atoms with Crippen molar-refractivity contribution >= 4 is 11.8 Å². The molecule has 5 rings (SSSR count). The van der Waals surface area contributed by atoms with Crippen molar-refractivity contribution < 1.29 is 14.3 Å². The lowest BCUT2D eigenvalue weighted by molar-refractivity contribution is -0.170. The van der Waals surface area contributed by atoms with Crippen LogP contribution in [0.25, 0.3) is 0 Å². The Bertz CT molecular complexity index is 653. The van der Waals surface area contributed by atoms with Gasteiger partial charge in [0.05, 0.1) is 5.41 Å². The van der Waals surface area contributed by atoms with Gasteiger partial charge in [-0.25, -0.2) is 0 Å². The lowest BCUT2D eigenvalue weighted by Gasteiger charge is -2.55. The molecule has 0 saturated heterocycles. The van der Waals surface area contributed by atoms with Crippen LogP contribution in [0.4, 0.5) is 0 Å². The van der Waals surface area contributed by atoms with E-state index in [2.05, 4.69) is 0 Å². The Balaban J connectivity index is 1.41. The maximum absolute atomic E-state index is 12.8. The van der Waals surface area contributed by atoms with E-state index in [-0.39, 0.29) is 23.8 Å².